The number of likely N-dealkylation sites (N-methyl/N-ethyl adjacent to an activating group) is 1. The second kappa shape index (κ2) is 12.7. The van der Waals surface area contributed by atoms with E-state index in [2.05, 4.69) is 20.6 Å². The molecule has 1 aromatic rings. The van der Waals surface area contributed by atoms with E-state index in [9.17, 15) is 9.59 Å². The van der Waals surface area contributed by atoms with Crippen molar-refractivity contribution in [2.24, 2.45) is 4.99 Å². The van der Waals surface area contributed by atoms with E-state index in [1.54, 1.807) is 23.0 Å². The first-order chi connectivity index (χ1) is 14.2. The number of nitrogens with one attached hydrogen (secondary N) is 2. The van der Waals surface area contributed by atoms with Crippen molar-refractivity contribution in [1.82, 2.24) is 25.4 Å². The van der Waals surface area contributed by atoms with E-state index in [0.29, 0.717) is 38.6 Å². The smallest absolute Gasteiger partial charge is 0.410 e. The van der Waals surface area contributed by atoms with E-state index in [1.165, 1.54) is 0 Å². The quantitative estimate of drug-likeness (QED) is 0.308. The van der Waals surface area contributed by atoms with Crippen LogP contribution in [0.1, 0.15) is 33.4 Å². The molecule has 2 heterocycles. The molecule has 2 amide bonds. The van der Waals surface area contributed by atoms with E-state index in [-0.39, 0.29) is 48.6 Å². The minimum Gasteiger partial charge on any atom is -0.444 e. The van der Waals surface area contributed by atoms with Gasteiger partial charge in [0.1, 0.15) is 12.1 Å². The molecule has 0 radical (unpaired) electrons. The highest BCUT2D eigenvalue weighted by molar-refractivity contribution is 14.0. The van der Waals surface area contributed by atoms with Gasteiger partial charge in [-0.05, 0) is 39.8 Å². The summed E-state index contributed by atoms with van der Waals surface area (Å²) in [5.74, 6) is 0.505. The zero-order valence-electron chi connectivity index (χ0n) is 19.1. The topological polar surface area (TPSA) is 99.2 Å². The number of likely N-dealkylation sites (tertiary alicyclic amines) is 1. The summed E-state index contributed by atoms with van der Waals surface area (Å²) in [6.07, 6.45) is 2.14. The Hall–Kier alpha value is -2.11. The van der Waals surface area contributed by atoms with Crippen LogP contribution >= 0.6 is 24.0 Å². The van der Waals surface area contributed by atoms with Gasteiger partial charge >= 0.3 is 6.09 Å². The molecular formula is C21H35IN6O3. The number of nitrogens with zero attached hydrogens (tertiary/aromatic N) is 4. The predicted molar refractivity (Wildman–Crippen MR) is 132 cm³/mol. The van der Waals surface area contributed by atoms with Gasteiger partial charge in [0.25, 0.3) is 0 Å². The molecule has 9 nitrogen and oxygen atoms in total. The Kier molecular flexibility index (Phi) is 11.0. The van der Waals surface area contributed by atoms with E-state index in [1.807, 2.05) is 45.9 Å². The molecule has 1 aromatic heterocycles. The van der Waals surface area contributed by atoms with Gasteiger partial charge in [-0.2, -0.15) is 0 Å². The molecule has 0 spiro atoms. The third-order valence-electron chi connectivity index (χ3n) is 4.45. The summed E-state index contributed by atoms with van der Waals surface area (Å²) in [5.41, 5.74) is 0.449. The zero-order valence-corrected chi connectivity index (χ0v) is 21.4. The number of guanidine groups is 1. The average Bonchev–Trinajstić information content (AvgIpc) is 2.65. The monoisotopic (exact) mass is 546 g/mol. The highest BCUT2D eigenvalue weighted by Gasteiger charge is 2.34. The van der Waals surface area contributed by atoms with Crippen LogP contribution in [0, 0.1) is 0 Å². The molecule has 1 saturated heterocycles. The molecule has 31 heavy (non-hydrogen) atoms. The summed E-state index contributed by atoms with van der Waals surface area (Å²) in [5, 5.41) is 6.40. The maximum atomic E-state index is 12.4. The Morgan fingerprint density at radius 1 is 1.32 bits per heavy atom. The molecule has 2 N–H and O–H groups in total. The summed E-state index contributed by atoms with van der Waals surface area (Å²) in [6.45, 7) is 9.90. The summed E-state index contributed by atoms with van der Waals surface area (Å²) in [4.78, 5) is 36.4. The van der Waals surface area contributed by atoms with Crippen LogP contribution in [0.4, 0.5) is 4.79 Å². The number of ether oxygens (including phenoxy) is 1. The van der Waals surface area contributed by atoms with Gasteiger partial charge in [-0.25, -0.2) is 9.79 Å². The number of hydrogen-bond donors (Lipinski definition) is 2. The van der Waals surface area contributed by atoms with Crippen LogP contribution in [0.3, 0.4) is 0 Å². The van der Waals surface area contributed by atoms with Crippen molar-refractivity contribution in [2.45, 2.75) is 45.8 Å². The fourth-order valence-corrected chi connectivity index (χ4v) is 2.78. The first-order valence-electron chi connectivity index (χ1n) is 10.3. The van der Waals surface area contributed by atoms with E-state index in [0.717, 1.165) is 5.69 Å². The van der Waals surface area contributed by atoms with Crippen LogP contribution in [-0.2, 0) is 16.0 Å². The Bertz CT molecular complexity index is 732. The molecule has 1 aliphatic heterocycles. The lowest BCUT2D eigenvalue weighted by Crippen LogP contribution is -2.63. The number of hydrogen-bond acceptors (Lipinski definition) is 5. The normalized spacial score (nSPS) is 14.2. The van der Waals surface area contributed by atoms with E-state index >= 15 is 0 Å². The van der Waals surface area contributed by atoms with Gasteiger partial charge in [0, 0.05) is 51.5 Å². The number of amides is 2. The van der Waals surface area contributed by atoms with Gasteiger partial charge in [0.15, 0.2) is 5.96 Å². The lowest BCUT2D eigenvalue weighted by atomic mass is 10.1. The molecule has 0 unspecified atom stereocenters. The Morgan fingerprint density at radius 2 is 2.03 bits per heavy atom. The number of rotatable bonds is 7. The van der Waals surface area contributed by atoms with Gasteiger partial charge in [-0.3, -0.25) is 9.78 Å². The average molecular weight is 546 g/mol. The SMILES string of the molecule is CCNC(=NCC(=O)N(C)CCc1ccccn1)NC1CN(C(=O)OC(C)(C)C)C1.I. The largest absolute Gasteiger partial charge is 0.444 e. The highest BCUT2D eigenvalue weighted by Crippen LogP contribution is 2.15. The second-order valence-corrected chi connectivity index (χ2v) is 8.31. The molecule has 174 valence electrons. The lowest BCUT2D eigenvalue weighted by Gasteiger charge is -2.40. The first-order valence-corrected chi connectivity index (χ1v) is 10.3. The highest BCUT2D eigenvalue weighted by atomic mass is 127. The maximum Gasteiger partial charge on any atom is 0.410 e. The van der Waals surface area contributed by atoms with Gasteiger partial charge in [0.05, 0.1) is 6.04 Å². The Balaban J connectivity index is 0.00000480. The number of aliphatic imine (C=N–C) groups is 1. The molecule has 2 rings (SSSR count). The van der Waals surface area contributed by atoms with Crippen LogP contribution in [0.5, 0.6) is 0 Å². The zero-order chi connectivity index (χ0) is 22.1. The standard InChI is InChI=1S/C21H34N6O3.HI/c1-6-22-19(25-17-14-27(15-17)20(29)30-21(2,3)4)24-13-18(28)26(5)12-10-16-9-7-8-11-23-16;/h7-9,11,17H,6,10,12-15H2,1-5H3,(H2,22,24,25);1H. The van der Waals surface area contributed by atoms with Gasteiger partial charge in [-0.15, -0.1) is 24.0 Å². The third kappa shape index (κ3) is 9.70. The number of pyridine rings is 1. The van der Waals surface area contributed by atoms with Crippen LogP contribution in [0.2, 0.25) is 0 Å². The predicted octanol–water partition coefficient (Wildman–Crippen LogP) is 1.87. The van der Waals surface area contributed by atoms with Crippen LogP contribution in [0.25, 0.3) is 0 Å². The van der Waals surface area contributed by atoms with Crippen molar-refractivity contribution in [1.29, 1.82) is 0 Å². The molecule has 10 heteroatoms. The van der Waals surface area contributed by atoms with Gasteiger partial charge in [-0.1, -0.05) is 6.07 Å². The Morgan fingerprint density at radius 3 is 2.61 bits per heavy atom. The Labute approximate surface area is 202 Å². The fraction of sp³-hybridized carbons (Fsp3) is 0.619. The van der Waals surface area contributed by atoms with Crippen molar-refractivity contribution in [3.63, 3.8) is 0 Å². The molecule has 0 aromatic carbocycles. The summed E-state index contributed by atoms with van der Waals surface area (Å²) in [7, 11) is 1.77. The van der Waals surface area contributed by atoms with Crippen molar-refractivity contribution in [3.8, 4) is 0 Å². The number of carbonyl (C=O) groups excluding carboxylic acids is 2. The number of carbonyl (C=O) groups is 2. The molecule has 0 atom stereocenters. The van der Waals surface area contributed by atoms with Crippen molar-refractivity contribution >= 4 is 41.9 Å². The van der Waals surface area contributed by atoms with Crippen LogP contribution in [-0.4, -0.2) is 84.2 Å². The van der Waals surface area contributed by atoms with Crippen molar-refractivity contribution in [3.05, 3.63) is 30.1 Å². The van der Waals surface area contributed by atoms with Gasteiger partial charge < -0.3 is 25.2 Å². The van der Waals surface area contributed by atoms with Crippen LogP contribution < -0.4 is 10.6 Å². The fourth-order valence-electron chi connectivity index (χ4n) is 2.78. The molecule has 1 aliphatic rings. The van der Waals surface area contributed by atoms with Crippen LogP contribution in [0.15, 0.2) is 29.4 Å². The second-order valence-electron chi connectivity index (χ2n) is 8.31. The summed E-state index contributed by atoms with van der Waals surface area (Å²) in [6, 6.07) is 5.83. The third-order valence-corrected chi connectivity index (χ3v) is 4.45. The summed E-state index contributed by atoms with van der Waals surface area (Å²) < 4.78 is 5.36. The first kappa shape index (κ1) is 26.9. The summed E-state index contributed by atoms with van der Waals surface area (Å²) >= 11 is 0. The van der Waals surface area contributed by atoms with E-state index < -0.39 is 5.60 Å². The molecule has 0 saturated carbocycles. The number of halogens is 1. The van der Waals surface area contributed by atoms with Crippen molar-refractivity contribution in [2.75, 3.05) is 39.8 Å². The number of aromatic nitrogens is 1. The van der Waals surface area contributed by atoms with E-state index in [4.69, 9.17) is 4.74 Å². The minimum atomic E-state index is -0.505. The minimum absolute atomic E-state index is 0. The molecule has 0 aliphatic carbocycles. The van der Waals surface area contributed by atoms with Gasteiger partial charge in [0.2, 0.25) is 5.91 Å². The maximum absolute atomic E-state index is 12.4. The molecule has 1 fully saturated rings. The molecular weight excluding hydrogens is 511 g/mol. The molecule has 0 bridgehead atoms. The van der Waals surface area contributed by atoms with Crippen molar-refractivity contribution < 1.29 is 14.3 Å². The lowest BCUT2D eigenvalue weighted by molar-refractivity contribution is -0.128.